The number of thiazole rings is 1. The Hall–Kier alpha value is -2.09. The van der Waals surface area contributed by atoms with E-state index in [0.29, 0.717) is 30.2 Å². The number of nitrogens with zero attached hydrogens (tertiary/aromatic N) is 2. The van der Waals surface area contributed by atoms with Crippen LogP contribution in [0.5, 0.6) is 0 Å². The Morgan fingerprint density at radius 2 is 1.97 bits per heavy atom. The molecule has 2 atom stereocenters. The minimum absolute atomic E-state index is 0.0191. The quantitative estimate of drug-likeness (QED) is 0.294. The van der Waals surface area contributed by atoms with Crippen LogP contribution in [0.25, 0.3) is 10.2 Å². The molecule has 1 aromatic carbocycles. The van der Waals surface area contributed by atoms with Gasteiger partial charge in [0, 0.05) is 36.9 Å². The van der Waals surface area contributed by atoms with E-state index in [1.807, 2.05) is 37.2 Å². The summed E-state index contributed by atoms with van der Waals surface area (Å²) in [6, 6.07) is 5.48. The van der Waals surface area contributed by atoms with Crippen molar-refractivity contribution in [3.8, 4) is 0 Å². The van der Waals surface area contributed by atoms with Crippen molar-refractivity contribution in [3.05, 3.63) is 40.4 Å². The van der Waals surface area contributed by atoms with Gasteiger partial charge < -0.3 is 15.0 Å². The largest absolute Gasteiger partial charge is 0.353 e. The molecule has 1 fully saturated rings. The average molecular weight is 546 g/mol. The highest BCUT2D eigenvalue weighted by Crippen LogP contribution is 2.30. The van der Waals surface area contributed by atoms with E-state index in [0.717, 1.165) is 28.2 Å². The molecule has 3 rings (SSSR count). The van der Waals surface area contributed by atoms with Crippen molar-refractivity contribution in [1.82, 2.24) is 15.2 Å². The zero-order valence-electron chi connectivity index (χ0n) is 22.3. The number of carbonyl (C=O) groups is 3. The number of hydrogen-bond donors (Lipinski definition) is 1. The molecular weight excluding hydrogens is 506 g/mol. The van der Waals surface area contributed by atoms with Gasteiger partial charge in [0.1, 0.15) is 5.78 Å². The van der Waals surface area contributed by atoms with Gasteiger partial charge >= 0.3 is 0 Å². The molecule has 0 unspecified atom stereocenters. The van der Waals surface area contributed by atoms with Crippen LogP contribution in [0.2, 0.25) is 5.02 Å². The molecule has 0 radical (unpaired) electrons. The number of hydrogen-bond acceptors (Lipinski definition) is 6. The van der Waals surface area contributed by atoms with Crippen LogP contribution in [0, 0.1) is 11.8 Å². The predicted molar refractivity (Wildman–Crippen MR) is 152 cm³/mol. The molecule has 2 aromatic rings. The van der Waals surface area contributed by atoms with E-state index in [4.69, 9.17) is 11.6 Å². The third kappa shape index (κ3) is 10.3. The molecule has 1 aromatic heterocycles. The van der Waals surface area contributed by atoms with Crippen LogP contribution in [0.15, 0.2) is 30.4 Å². The number of allylic oxidation sites excluding steroid dienone is 1. The molecular formula is C29H40ClN3O3S. The van der Waals surface area contributed by atoms with Gasteiger partial charge in [-0.25, -0.2) is 4.98 Å². The first-order valence-electron chi connectivity index (χ1n) is 13.4. The van der Waals surface area contributed by atoms with Crippen LogP contribution in [-0.2, 0) is 20.8 Å². The Kier molecular flexibility index (Phi) is 11.7. The van der Waals surface area contributed by atoms with Gasteiger partial charge in [-0.1, -0.05) is 49.8 Å². The first-order valence-corrected chi connectivity index (χ1v) is 14.6. The Balaban J connectivity index is 1.68. The Morgan fingerprint density at radius 1 is 1.22 bits per heavy atom. The van der Waals surface area contributed by atoms with E-state index in [9.17, 15) is 14.4 Å². The lowest BCUT2D eigenvalue weighted by Crippen LogP contribution is -2.41. The smallest absolute Gasteiger partial charge is 0.224 e. The van der Waals surface area contributed by atoms with Gasteiger partial charge in [-0.05, 0) is 64.1 Å². The number of ketones is 2. The highest BCUT2D eigenvalue weighted by Gasteiger charge is 2.27. The summed E-state index contributed by atoms with van der Waals surface area (Å²) >= 11 is 7.64. The highest BCUT2D eigenvalue weighted by molar-refractivity contribution is 7.18. The van der Waals surface area contributed by atoms with Gasteiger partial charge in [0.05, 0.1) is 21.1 Å². The van der Waals surface area contributed by atoms with Gasteiger partial charge in [0.15, 0.2) is 5.78 Å². The molecule has 6 nitrogen and oxygen atoms in total. The molecule has 1 saturated carbocycles. The number of nitrogens with one attached hydrogen (secondary N) is 1. The third-order valence-corrected chi connectivity index (χ3v) is 8.20. The van der Waals surface area contributed by atoms with Crippen molar-refractivity contribution in [2.24, 2.45) is 11.8 Å². The van der Waals surface area contributed by atoms with Gasteiger partial charge in [-0.2, -0.15) is 0 Å². The van der Waals surface area contributed by atoms with Gasteiger partial charge in [0.2, 0.25) is 5.91 Å². The fraction of sp³-hybridized carbons (Fsp3) is 0.586. The van der Waals surface area contributed by atoms with E-state index in [2.05, 4.69) is 10.3 Å². The number of aromatic nitrogens is 1. The van der Waals surface area contributed by atoms with E-state index >= 15 is 0 Å². The minimum atomic E-state index is -0.488. The number of fused-ring (bicyclic) bond motifs is 1. The fourth-order valence-electron chi connectivity index (χ4n) is 5.04. The van der Waals surface area contributed by atoms with Crippen LogP contribution in [0.1, 0.15) is 69.7 Å². The van der Waals surface area contributed by atoms with Crippen LogP contribution in [0.4, 0.5) is 0 Å². The Morgan fingerprint density at radius 3 is 2.68 bits per heavy atom. The zero-order valence-corrected chi connectivity index (χ0v) is 23.9. The molecule has 1 N–H and O–H groups in total. The number of rotatable bonds is 14. The predicted octanol–water partition coefficient (Wildman–Crippen LogP) is 6.01. The van der Waals surface area contributed by atoms with Crippen LogP contribution < -0.4 is 5.32 Å². The standard InChI is InChI=1S/C29H40ClN3O3S/c1-20(34)16-22(18-28-32-26-14-11-23(30)19-27(26)37-28)29(36)31-24(17-21-8-5-4-6-9-21)12-13-25(35)10-7-15-33(2)3/h7,10-11,14,19,21-22,24H,4-6,8-9,12-13,15-18H2,1-3H3,(H,31,36)/b10-7+/t22-,24+/m0/s1. The summed E-state index contributed by atoms with van der Waals surface area (Å²) in [7, 11) is 3.93. The molecule has 0 bridgehead atoms. The van der Waals surface area contributed by atoms with E-state index in [1.54, 1.807) is 12.1 Å². The molecule has 8 heteroatoms. The number of amides is 1. The van der Waals surface area contributed by atoms with Gasteiger partial charge in [-0.3, -0.25) is 9.59 Å². The molecule has 1 aliphatic carbocycles. The number of halogens is 1. The van der Waals surface area contributed by atoms with E-state index in [-0.39, 0.29) is 29.9 Å². The Bertz CT molecular complexity index is 1090. The van der Waals surface area contributed by atoms with Crippen molar-refractivity contribution in [3.63, 3.8) is 0 Å². The second-order valence-electron chi connectivity index (χ2n) is 10.6. The molecule has 0 spiro atoms. The zero-order chi connectivity index (χ0) is 26.8. The van der Waals surface area contributed by atoms with Crippen molar-refractivity contribution in [2.75, 3.05) is 20.6 Å². The number of carbonyl (C=O) groups excluding carboxylic acids is 3. The fourth-order valence-corrected chi connectivity index (χ4v) is 6.36. The summed E-state index contributed by atoms with van der Waals surface area (Å²) < 4.78 is 0.973. The van der Waals surface area contributed by atoms with Crippen LogP contribution in [0.3, 0.4) is 0 Å². The topological polar surface area (TPSA) is 79.4 Å². The summed E-state index contributed by atoms with van der Waals surface area (Å²) in [6.45, 7) is 2.25. The van der Waals surface area contributed by atoms with Crippen LogP contribution >= 0.6 is 22.9 Å². The first-order chi connectivity index (χ1) is 17.7. The summed E-state index contributed by atoms with van der Waals surface area (Å²) in [5.74, 6) is 0.0215. The molecule has 0 saturated heterocycles. The van der Waals surface area contributed by atoms with Crippen molar-refractivity contribution < 1.29 is 14.4 Å². The highest BCUT2D eigenvalue weighted by atomic mass is 35.5. The number of benzene rings is 1. The molecule has 1 amide bonds. The summed E-state index contributed by atoms with van der Waals surface area (Å²) in [5, 5.41) is 4.72. The normalized spacial score (nSPS) is 16.4. The monoisotopic (exact) mass is 545 g/mol. The first kappa shape index (κ1) is 29.5. The maximum atomic E-state index is 13.5. The maximum Gasteiger partial charge on any atom is 0.224 e. The third-order valence-electron chi connectivity index (χ3n) is 6.92. The minimum Gasteiger partial charge on any atom is -0.353 e. The second kappa shape index (κ2) is 14.7. The molecule has 1 aliphatic rings. The summed E-state index contributed by atoms with van der Waals surface area (Å²) in [6.07, 6.45) is 12.1. The van der Waals surface area contributed by atoms with Crippen molar-refractivity contribution >= 4 is 50.6 Å². The van der Waals surface area contributed by atoms with E-state index < -0.39 is 5.92 Å². The molecule has 202 valence electrons. The lowest BCUT2D eigenvalue weighted by atomic mass is 9.83. The molecule has 0 aliphatic heterocycles. The van der Waals surface area contributed by atoms with Gasteiger partial charge in [-0.15, -0.1) is 11.3 Å². The van der Waals surface area contributed by atoms with Crippen molar-refractivity contribution in [2.45, 2.75) is 77.2 Å². The van der Waals surface area contributed by atoms with Gasteiger partial charge in [0.25, 0.3) is 0 Å². The number of likely N-dealkylation sites (N-methyl/N-ethyl adjacent to an activating group) is 1. The number of Topliss-reactive ketones (excluding diaryl/α,β-unsaturated/α-hetero) is 1. The summed E-state index contributed by atoms with van der Waals surface area (Å²) in [5.41, 5.74) is 0.849. The lowest BCUT2D eigenvalue weighted by molar-refractivity contribution is -0.129. The average Bonchev–Trinajstić information content (AvgIpc) is 3.23. The second-order valence-corrected chi connectivity index (χ2v) is 12.2. The Labute approximate surface area is 229 Å². The maximum absolute atomic E-state index is 13.5. The molecule has 1 heterocycles. The molecule has 37 heavy (non-hydrogen) atoms. The summed E-state index contributed by atoms with van der Waals surface area (Å²) in [4.78, 5) is 44.7. The van der Waals surface area contributed by atoms with Crippen LogP contribution in [-0.4, -0.2) is 54.0 Å². The van der Waals surface area contributed by atoms with E-state index in [1.165, 1.54) is 50.4 Å². The van der Waals surface area contributed by atoms with Crippen molar-refractivity contribution in [1.29, 1.82) is 0 Å². The lowest BCUT2D eigenvalue weighted by Gasteiger charge is -2.28. The SMILES string of the molecule is CC(=O)C[C@@H](Cc1nc2ccc(Cl)cc2s1)C(=O)N[C@H](CCC(=O)/C=C/CN(C)C)CC1CCCCC1.